The van der Waals surface area contributed by atoms with Crippen LogP contribution in [0.4, 0.5) is 0 Å². The number of aryl methyl sites for hydroxylation is 1. The van der Waals surface area contributed by atoms with E-state index in [9.17, 15) is 0 Å². The van der Waals surface area contributed by atoms with Crippen LogP contribution in [0.3, 0.4) is 0 Å². The van der Waals surface area contributed by atoms with Crippen LogP contribution in [-0.2, 0) is 4.74 Å². The fraction of sp³-hybridized carbons (Fsp3) is 0.500. The molecule has 0 bridgehead atoms. The highest BCUT2D eigenvalue weighted by Gasteiger charge is 2.07. The fourth-order valence-electron chi connectivity index (χ4n) is 1.45. The standard InChI is InChI=1S/C12H19NOS/c1-10-5-3-4-6-11(10)12(13)9-15-8-7-14-2/h3-6,12H,7-9,13H2,1-2H3. The third-order valence-corrected chi connectivity index (χ3v) is 3.37. The lowest BCUT2D eigenvalue weighted by molar-refractivity contribution is 0.218. The van der Waals surface area contributed by atoms with Crippen molar-refractivity contribution in [1.29, 1.82) is 0 Å². The molecule has 0 spiro atoms. The van der Waals surface area contributed by atoms with E-state index in [2.05, 4.69) is 19.1 Å². The lowest BCUT2D eigenvalue weighted by Gasteiger charge is -2.13. The Balaban J connectivity index is 2.40. The van der Waals surface area contributed by atoms with Gasteiger partial charge >= 0.3 is 0 Å². The van der Waals surface area contributed by atoms with Crippen LogP contribution in [0.15, 0.2) is 24.3 Å². The molecule has 1 rings (SSSR count). The molecule has 0 fully saturated rings. The third-order valence-electron chi connectivity index (χ3n) is 2.32. The smallest absolute Gasteiger partial charge is 0.0552 e. The minimum absolute atomic E-state index is 0.132. The van der Waals surface area contributed by atoms with Gasteiger partial charge in [0, 0.05) is 24.7 Å². The number of benzene rings is 1. The van der Waals surface area contributed by atoms with Crippen LogP contribution < -0.4 is 5.73 Å². The van der Waals surface area contributed by atoms with Crippen molar-refractivity contribution in [3.63, 3.8) is 0 Å². The predicted molar refractivity (Wildman–Crippen MR) is 67.3 cm³/mol. The van der Waals surface area contributed by atoms with E-state index >= 15 is 0 Å². The zero-order valence-corrected chi connectivity index (χ0v) is 10.2. The Morgan fingerprint density at radius 1 is 1.40 bits per heavy atom. The topological polar surface area (TPSA) is 35.2 Å². The molecule has 0 aliphatic heterocycles. The number of ether oxygens (including phenoxy) is 1. The summed E-state index contributed by atoms with van der Waals surface area (Å²) in [5, 5.41) is 0. The number of hydrogen-bond acceptors (Lipinski definition) is 3. The second kappa shape index (κ2) is 6.88. The van der Waals surface area contributed by atoms with Gasteiger partial charge in [0.2, 0.25) is 0 Å². The van der Waals surface area contributed by atoms with Gasteiger partial charge in [0.15, 0.2) is 0 Å². The molecule has 3 heteroatoms. The molecule has 0 radical (unpaired) electrons. The van der Waals surface area contributed by atoms with Crippen molar-refractivity contribution < 1.29 is 4.74 Å². The molecule has 1 aromatic rings. The summed E-state index contributed by atoms with van der Waals surface area (Å²) in [6.07, 6.45) is 0. The van der Waals surface area contributed by atoms with Gasteiger partial charge < -0.3 is 10.5 Å². The molecule has 0 aromatic heterocycles. The summed E-state index contributed by atoms with van der Waals surface area (Å²) in [5.74, 6) is 1.96. The van der Waals surface area contributed by atoms with Crippen molar-refractivity contribution in [1.82, 2.24) is 0 Å². The SMILES string of the molecule is COCCSCC(N)c1ccccc1C. The first-order chi connectivity index (χ1) is 7.25. The monoisotopic (exact) mass is 225 g/mol. The largest absolute Gasteiger partial charge is 0.384 e. The Morgan fingerprint density at radius 3 is 2.80 bits per heavy atom. The molecule has 0 aliphatic carbocycles. The molecule has 0 saturated carbocycles. The lowest BCUT2D eigenvalue weighted by Crippen LogP contribution is -2.14. The van der Waals surface area contributed by atoms with Gasteiger partial charge in [-0.2, -0.15) is 11.8 Å². The van der Waals surface area contributed by atoms with E-state index in [1.807, 2.05) is 23.9 Å². The van der Waals surface area contributed by atoms with E-state index in [4.69, 9.17) is 10.5 Å². The van der Waals surface area contributed by atoms with E-state index in [1.54, 1.807) is 7.11 Å². The summed E-state index contributed by atoms with van der Waals surface area (Å²) in [6, 6.07) is 8.44. The summed E-state index contributed by atoms with van der Waals surface area (Å²) in [6.45, 7) is 2.90. The second-order valence-corrected chi connectivity index (χ2v) is 4.68. The maximum Gasteiger partial charge on any atom is 0.0552 e. The Morgan fingerprint density at radius 2 is 2.13 bits per heavy atom. The molecule has 1 aromatic carbocycles. The highest BCUT2D eigenvalue weighted by Crippen LogP contribution is 2.19. The van der Waals surface area contributed by atoms with Crippen molar-refractivity contribution in [2.24, 2.45) is 5.73 Å². The van der Waals surface area contributed by atoms with Crippen molar-refractivity contribution >= 4 is 11.8 Å². The van der Waals surface area contributed by atoms with Crippen LogP contribution in [-0.4, -0.2) is 25.2 Å². The number of rotatable bonds is 6. The Kier molecular flexibility index (Phi) is 5.76. The normalized spacial score (nSPS) is 12.7. The van der Waals surface area contributed by atoms with Crippen molar-refractivity contribution in [3.8, 4) is 0 Å². The van der Waals surface area contributed by atoms with Crippen LogP contribution >= 0.6 is 11.8 Å². The molecule has 0 saturated heterocycles. The van der Waals surface area contributed by atoms with Gasteiger partial charge in [-0.15, -0.1) is 0 Å². The Bertz CT molecular complexity index is 291. The number of hydrogen-bond donors (Lipinski definition) is 1. The van der Waals surface area contributed by atoms with Gasteiger partial charge in [-0.3, -0.25) is 0 Å². The first-order valence-electron chi connectivity index (χ1n) is 5.13. The Labute approximate surface area is 96.2 Å². The highest BCUT2D eigenvalue weighted by molar-refractivity contribution is 7.99. The van der Waals surface area contributed by atoms with E-state index in [-0.39, 0.29) is 6.04 Å². The number of thioether (sulfide) groups is 1. The fourth-order valence-corrected chi connectivity index (χ4v) is 2.33. The van der Waals surface area contributed by atoms with E-state index in [0.29, 0.717) is 0 Å². The molecule has 0 heterocycles. The molecular weight excluding hydrogens is 206 g/mol. The van der Waals surface area contributed by atoms with Gasteiger partial charge in [-0.1, -0.05) is 24.3 Å². The maximum absolute atomic E-state index is 6.12. The van der Waals surface area contributed by atoms with Gasteiger partial charge in [-0.05, 0) is 18.1 Å². The number of methoxy groups -OCH3 is 1. The second-order valence-electron chi connectivity index (χ2n) is 3.53. The quantitative estimate of drug-likeness (QED) is 0.755. The molecule has 1 atom stereocenters. The van der Waals surface area contributed by atoms with Crippen LogP contribution in [0.1, 0.15) is 17.2 Å². The lowest BCUT2D eigenvalue weighted by atomic mass is 10.0. The minimum atomic E-state index is 0.132. The molecule has 84 valence electrons. The van der Waals surface area contributed by atoms with Gasteiger partial charge in [0.25, 0.3) is 0 Å². The first-order valence-corrected chi connectivity index (χ1v) is 6.29. The zero-order chi connectivity index (χ0) is 11.1. The first kappa shape index (κ1) is 12.6. The average molecular weight is 225 g/mol. The molecular formula is C12H19NOS. The minimum Gasteiger partial charge on any atom is -0.384 e. The van der Waals surface area contributed by atoms with Crippen LogP contribution in [0.2, 0.25) is 0 Å². The van der Waals surface area contributed by atoms with E-state index < -0.39 is 0 Å². The molecule has 2 N–H and O–H groups in total. The van der Waals surface area contributed by atoms with Crippen molar-refractivity contribution in [3.05, 3.63) is 35.4 Å². The van der Waals surface area contributed by atoms with Crippen LogP contribution in [0.5, 0.6) is 0 Å². The summed E-state index contributed by atoms with van der Waals surface area (Å²) < 4.78 is 4.99. The van der Waals surface area contributed by atoms with E-state index in [1.165, 1.54) is 11.1 Å². The molecule has 15 heavy (non-hydrogen) atoms. The molecule has 0 amide bonds. The van der Waals surface area contributed by atoms with Crippen LogP contribution in [0, 0.1) is 6.92 Å². The van der Waals surface area contributed by atoms with Gasteiger partial charge in [0.05, 0.1) is 6.61 Å². The number of nitrogens with two attached hydrogens (primary N) is 1. The third kappa shape index (κ3) is 4.24. The Hall–Kier alpha value is -0.510. The highest BCUT2D eigenvalue weighted by atomic mass is 32.2. The van der Waals surface area contributed by atoms with Crippen molar-refractivity contribution in [2.45, 2.75) is 13.0 Å². The summed E-state index contributed by atoms with van der Waals surface area (Å²) in [4.78, 5) is 0. The molecule has 1 unspecified atom stereocenters. The van der Waals surface area contributed by atoms with E-state index in [0.717, 1.165) is 18.1 Å². The zero-order valence-electron chi connectivity index (χ0n) is 9.40. The van der Waals surface area contributed by atoms with Crippen molar-refractivity contribution in [2.75, 3.05) is 25.2 Å². The summed E-state index contributed by atoms with van der Waals surface area (Å²) >= 11 is 1.84. The van der Waals surface area contributed by atoms with Crippen LogP contribution in [0.25, 0.3) is 0 Å². The summed E-state index contributed by atoms with van der Waals surface area (Å²) in [5.41, 5.74) is 8.64. The van der Waals surface area contributed by atoms with Gasteiger partial charge in [-0.25, -0.2) is 0 Å². The molecule has 2 nitrogen and oxygen atoms in total. The summed E-state index contributed by atoms with van der Waals surface area (Å²) in [7, 11) is 1.72. The maximum atomic E-state index is 6.12. The average Bonchev–Trinajstić information content (AvgIpc) is 2.25. The predicted octanol–water partition coefficient (Wildman–Crippen LogP) is 2.37. The molecule has 0 aliphatic rings. The van der Waals surface area contributed by atoms with Gasteiger partial charge in [0.1, 0.15) is 0 Å².